The summed E-state index contributed by atoms with van der Waals surface area (Å²) in [5.74, 6) is 1.18. The zero-order valence-corrected chi connectivity index (χ0v) is 11.0. The third-order valence-electron chi connectivity index (χ3n) is 3.35. The maximum absolute atomic E-state index is 5.38. The number of aryl methyl sites for hydroxylation is 1. The molecule has 0 spiro atoms. The summed E-state index contributed by atoms with van der Waals surface area (Å²) in [7, 11) is 0. The summed E-state index contributed by atoms with van der Waals surface area (Å²) in [6.07, 6.45) is 5.37. The predicted octanol–water partition coefficient (Wildman–Crippen LogP) is 2.27. The number of aromatic nitrogens is 4. The minimum Gasteiger partial charge on any atom is -0.381 e. The molecule has 98 valence electrons. The van der Waals surface area contributed by atoms with Crippen LogP contribution in [0.3, 0.4) is 0 Å². The summed E-state index contributed by atoms with van der Waals surface area (Å²) in [5, 5.41) is 0. The molecule has 0 unspecified atom stereocenters. The van der Waals surface area contributed by atoms with E-state index in [2.05, 4.69) is 26.5 Å². The second-order valence-corrected chi connectivity index (χ2v) is 4.74. The largest absolute Gasteiger partial charge is 0.381 e. The molecule has 2 aromatic heterocycles. The molecule has 0 bridgehead atoms. The van der Waals surface area contributed by atoms with Gasteiger partial charge in [0.1, 0.15) is 11.3 Å². The standard InChI is InChI=1S/C14H16N4O/c1-3-11-12-14(16-9(2)8-15-12)18-13(17-11)10-4-6-19-7-5-10/h3,8,10H,1,4-7H2,2H3. The molecular formula is C14H16N4O. The molecule has 1 fully saturated rings. The fourth-order valence-corrected chi connectivity index (χ4v) is 2.31. The highest BCUT2D eigenvalue weighted by atomic mass is 16.5. The zero-order valence-electron chi connectivity index (χ0n) is 11.0. The number of rotatable bonds is 2. The molecule has 5 heteroatoms. The smallest absolute Gasteiger partial charge is 0.182 e. The summed E-state index contributed by atoms with van der Waals surface area (Å²) < 4.78 is 5.38. The molecule has 0 amide bonds. The molecule has 0 radical (unpaired) electrons. The lowest BCUT2D eigenvalue weighted by molar-refractivity contribution is 0.0836. The average Bonchev–Trinajstić information content (AvgIpc) is 2.46. The van der Waals surface area contributed by atoms with E-state index in [0.29, 0.717) is 11.6 Å². The second-order valence-electron chi connectivity index (χ2n) is 4.74. The van der Waals surface area contributed by atoms with Crippen molar-refractivity contribution in [3.63, 3.8) is 0 Å². The fourth-order valence-electron chi connectivity index (χ4n) is 2.31. The van der Waals surface area contributed by atoms with Gasteiger partial charge < -0.3 is 4.74 Å². The lowest BCUT2D eigenvalue weighted by Crippen LogP contribution is -2.17. The van der Waals surface area contributed by atoms with Gasteiger partial charge >= 0.3 is 0 Å². The van der Waals surface area contributed by atoms with Crippen LogP contribution < -0.4 is 0 Å². The van der Waals surface area contributed by atoms with Crippen LogP contribution >= 0.6 is 0 Å². The van der Waals surface area contributed by atoms with Crippen molar-refractivity contribution >= 4 is 17.2 Å². The van der Waals surface area contributed by atoms with Crippen molar-refractivity contribution in [1.82, 2.24) is 19.9 Å². The van der Waals surface area contributed by atoms with Crippen molar-refractivity contribution in [2.24, 2.45) is 0 Å². The Bertz CT molecular complexity index is 620. The molecule has 0 N–H and O–H groups in total. The molecule has 0 aliphatic carbocycles. The zero-order chi connectivity index (χ0) is 13.2. The Morgan fingerprint density at radius 3 is 2.79 bits per heavy atom. The van der Waals surface area contributed by atoms with Crippen LogP contribution in [0.5, 0.6) is 0 Å². The maximum Gasteiger partial charge on any atom is 0.182 e. The first-order valence-corrected chi connectivity index (χ1v) is 6.49. The normalized spacial score (nSPS) is 16.7. The molecule has 1 saturated heterocycles. The highest BCUT2D eigenvalue weighted by Crippen LogP contribution is 2.26. The predicted molar refractivity (Wildman–Crippen MR) is 72.8 cm³/mol. The van der Waals surface area contributed by atoms with Crippen LogP contribution in [0.15, 0.2) is 12.8 Å². The number of fused-ring (bicyclic) bond motifs is 1. The Kier molecular flexibility index (Phi) is 3.21. The van der Waals surface area contributed by atoms with Crippen LogP contribution in [-0.4, -0.2) is 33.1 Å². The summed E-state index contributed by atoms with van der Waals surface area (Å²) in [6, 6.07) is 0. The molecule has 5 nitrogen and oxygen atoms in total. The van der Waals surface area contributed by atoms with Crippen LogP contribution in [0.1, 0.15) is 36.0 Å². The summed E-state index contributed by atoms with van der Waals surface area (Å²) in [5.41, 5.74) is 3.00. The van der Waals surface area contributed by atoms with Crippen molar-refractivity contribution in [3.05, 3.63) is 30.0 Å². The SMILES string of the molecule is C=Cc1nc(C2CCOCC2)nc2nc(C)cnc12. The van der Waals surface area contributed by atoms with Gasteiger partial charge in [0.25, 0.3) is 0 Å². The molecule has 0 saturated carbocycles. The second kappa shape index (κ2) is 5.01. The van der Waals surface area contributed by atoms with E-state index < -0.39 is 0 Å². The van der Waals surface area contributed by atoms with Crippen LogP contribution in [0, 0.1) is 6.92 Å². The molecule has 1 aliphatic heterocycles. The van der Waals surface area contributed by atoms with E-state index in [-0.39, 0.29) is 0 Å². The third-order valence-corrected chi connectivity index (χ3v) is 3.35. The Morgan fingerprint density at radius 1 is 1.26 bits per heavy atom. The van der Waals surface area contributed by atoms with Gasteiger partial charge in [0, 0.05) is 25.3 Å². The van der Waals surface area contributed by atoms with Crippen molar-refractivity contribution in [2.45, 2.75) is 25.7 Å². The van der Waals surface area contributed by atoms with E-state index in [1.54, 1.807) is 12.3 Å². The Balaban J connectivity index is 2.12. The number of hydrogen-bond donors (Lipinski definition) is 0. The lowest BCUT2D eigenvalue weighted by atomic mass is 9.99. The van der Waals surface area contributed by atoms with Crippen LogP contribution in [0.2, 0.25) is 0 Å². The quantitative estimate of drug-likeness (QED) is 0.824. The van der Waals surface area contributed by atoms with Gasteiger partial charge in [0.15, 0.2) is 5.65 Å². The van der Waals surface area contributed by atoms with Gasteiger partial charge in [0.2, 0.25) is 0 Å². The van der Waals surface area contributed by atoms with Crippen LogP contribution in [0.25, 0.3) is 17.2 Å². The molecule has 0 atom stereocenters. The van der Waals surface area contributed by atoms with Gasteiger partial charge in [-0.25, -0.2) is 19.9 Å². The summed E-state index contributed by atoms with van der Waals surface area (Å²) >= 11 is 0. The van der Waals surface area contributed by atoms with E-state index in [9.17, 15) is 0 Å². The third kappa shape index (κ3) is 2.33. The molecule has 2 aromatic rings. The van der Waals surface area contributed by atoms with E-state index in [1.807, 2.05) is 6.92 Å². The van der Waals surface area contributed by atoms with Crippen molar-refractivity contribution in [2.75, 3.05) is 13.2 Å². The van der Waals surface area contributed by atoms with Gasteiger partial charge in [-0.2, -0.15) is 0 Å². The first-order chi connectivity index (χ1) is 9.28. The summed E-state index contributed by atoms with van der Waals surface area (Å²) in [4.78, 5) is 18.0. The highest BCUT2D eigenvalue weighted by molar-refractivity contribution is 5.78. The number of nitrogens with zero attached hydrogens (tertiary/aromatic N) is 4. The molecular weight excluding hydrogens is 240 g/mol. The topological polar surface area (TPSA) is 60.8 Å². The van der Waals surface area contributed by atoms with E-state index in [4.69, 9.17) is 4.74 Å². The Morgan fingerprint density at radius 2 is 2.05 bits per heavy atom. The molecule has 0 aromatic carbocycles. The Labute approximate surface area is 111 Å². The van der Waals surface area contributed by atoms with Gasteiger partial charge in [-0.15, -0.1) is 0 Å². The molecule has 1 aliphatic rings. The fraction of sp³-hybridized carbons (Fsp3) is 0.429. The molecule has 3 heterocycles. The average molecular weight is 256 g/mol. The highest BCUT2D eigenvalue weighted by Gasteiger charge is 2.20. The van der Waals surface area contributed by atoms with Gasteiger partial charge in [-0.1, -0.05) is 6.58 Å². The van der Waals surface area contributed by atoms with E-state index >= 15 is 0 Å². The van der Waals surface area contributed by atoms with Crippen LogP contribution in [-0.2, 0) is 4.74 Å². The number of ether oxygens (including phenoxy) is 1. The minimum atomic E-state index is 0.346. The molecule has 3 rings (SSSR count). The van der Waals surface area contributed by atoms with Crippen LogP contribution in [0.4, 0.5) is 0 Å². The van der Waals surface area contributed by atoms with Gasteiger partial charge in [-0.3, -0.25) is 0 Å². The lowest BCUT2D eigenvalue weighted by Gasteiger charge is -2.21. The number of hydrogen-bond acceptors (Lipinski definition) is 5. The van der Waals surface area contributed by atoms with Crippen molar-refractivity contribution in [3.8, 4) is 0 Å². The minimum absolute atomic E-state index is 0.346. The summed E-state index contributed by atoms with van der Waals surface area (Å²) in [6.45, 7) is 7.27. The van der Waals surface area contributed by atoms with Gasteiger partial charge in [0.05, 0.1) is 11.4 Å². The monoisotopic (exact) mass is 256 g/mol. The van der Waals surface area contributed by atoms with Gasteiger partial charge in [-0.05, 0) is 25.8 Å². The van der Waals surface area contributed by atoms with Crippen molar-refractivity contribution < 1.29 is 4.74 Å². The molecule has 19 heavy (non-hydrogen) atoms. The maximum atomic E-state index is 5.38. The van der Waals surface area contributed by atoms with E-state index in [1.165, 1.54) is 0 Å². The Hall–Kier alpha value is -1.88. The first kappa shape index (κ1) is 12.2. The first-order valence-electron chi connectivity index (χ1n) is 6.49. The van der Waals surface area contributed by atoms with E-state index in [0.717, 1.165) is 48.8 Å². The van der Waals surface area contributed by atoms with Crippen molar-refractivity contribution in [1.29, 1.82) is 0 Å².